The Morgan fingerprint density at radius 3 is 1.85 bits per heavy atom. The maximum Gasteiger partial charge on any atom is 0.192 e. The number of hydrogen-bond donors (Lipinski definition) is 2. The molecule has 0 bridgehead atoms. The maximum absolute atomic E-state index is 11.9. The van der Waals surface area contributed by atoms with Gasteiger partial charge in [0.2, 0.25) is 0 Å². The highest BCUT2D eigenvalue weighted by atomic mass is 28.4. The van der Waals surface area contributed by atoms with Crippen LogP contribution in [0.2, 0.25) is 18.1 Å². The summed E-state index contributed by atoms with van der Waals surface area (Å²) in [5, 5.41) is 21.7. The molecule has 3 atom stereocenters. The fourth-order valence-electron chi connectivity index (χ4n) is 3.37. The Kier molecular flexibility index (Phi) is 10.7. The summed E-state index contributed by atoms with van der Waals surface area (Å²) in [7, 11) is -2.16. The van der Waals surface area contributed by atoms with E-state index in [1.54, 1.807) is 6.08 Å². The van der Waals surface area contributed by atoms with E-state index in [9.17, 15) is 10.2 Å². The molecule has 2 N–H and O–H groups in total. The summed E-state index contributed by atoms with van der Waals surface area (Å²) < 4.78 is 18.9. The Bertz CT molecular complexity index is 850. The maximum atomic E-state index is 11.9. The molecule has 0 aliphatic heterocycles. The van der Waals surface area contributed by atoms with Crippen LogP contribution in [0.3, 0.4) is 0 Å². The van der Waals surface area contributed by atoms with Gasteiger partial charge in [-0.05, 0) is 29.3 Å². The summed E-state index contributed by atoms with van der Waals surface area (Å²) in [6, 6.07) is 19.6. The summed E-state index contributed by atoms with van der Waals surface area (Å²) in [5.41, 5.74) is 0.531. The molecule has 6 heteroatoms. The van der Waals surface area contributed by atoms with Crippen LogP contribution in [0, 0.1) is 0 Å². The van der Waals surface area contributed by atoms with E-state index in [0.717, 1.165) is 11.1 Å². The summed E-state index contributed by atoms with van der Waals surface area (Å²) >= 11 is 0. The van der Waals surface area contributed by atoms with Crippen LogP contribution in [0.25, 0.3) is 0 Å². The lowest BCUT2D eigenvalue weighted by Gasteiger charge is -2.43. The minimum atomic E-state index is -2.16. The molecule has 0 heterocycles. The quantitative estimate of drug-likeness (QED) is 0.273. The average molecular weight is 487 g/mol. The van der Waals surface area contributed by atoms with Crippen LogP contribution < -0.4 is 0 Å². The molecule has 0 saturated heterocycles. The number of rotatable bonds is 14. The zero-order chi connectivity index (χ0) is 25.2. The van der Waals surface area contributed by atoms with Crippen LogP contribution in [0.4, 0.5) is 0 Å². The number of hydrogen-bond acceptors (Lipinski definition) is 5. The van der Waals surface area contributed by atoms with Gasteiger partial charge in [0.05, 0.1) is 19.8 Å². The van der Waals surface area contributed by atoms with E-state index in [1.807, 2.05) is 60.7 Å². The lowest BCUT2D eigenvalue weighted by atomic mass is 9.89. The monoisotopic (exact) mass is 486 g/mol. The van der Waals surface area contributed by atoms with Gasteiger partial charge in [0.1, 0.15) is 17.8 Å². The van der Waals surface area contributed by atoms with Crippen molar-refractivity contribution < 1.29 is 24.1 Å². The fraction of sp³-hybridized carbons (Fsp3) is 0.500. The van der Waals surface area contributed by atoms with Crippen LogP contribution in [0.5, 0.6) is 0 Å². The van der Waals surface area contributed by atoms with Crippen molar-refractivity contribution >= 4 is 8.32 Å². The Morgan fingerprint density at radius 2 is 1.41 bits per heavy atom. The van der Waals surface area contributed by atoms with Gasteiger partial charge in [-0.2, -0.15) is 0 Å². The zero-order valence-electron chi connectivity index (χ0n) is 21.4. The van der Waals surface area contributed by atoms with Crippen LogP contribution in [0.15, 0.2) is 73.3 Å². The number of ether oxygens (including phenoxy) is 2. The Hall–Kier alpha value is -1.80. The average Bonchev–Trinajstić information content (AvgIpc) is 2.80. The zero-order valence-corrected chi connectivity index (χ0v) is 22.4. The summed E-state index contributed by atoms with van der Waals surface area (Å²) in [6.07, 6.45) is 0.363. The fourth-order valence-corrected chi connectivity index (χ4v) is 4.42. The normalized spacial score (nSPS) is 16.0. The van der Waals surface area contributed by atoms with Crippen molar-refractivity contribution in [3.63, 3.8) is 0 Å². The number of benzene rings is 2. The molecule has 2 rings (SSSR count). The molecular weight excluding hydrogens is 444 g/mol. The topological polar surface area (TPSA) is 68.2 Å². The summed E-state index contributed by atoms with van der Waals surface area (Å²) in [5.74, 6) is 0. The molecule has 34 heavy (non-hydrogen) atoms. The highest BCUT2D eigenvalue weighted by molar-refractivity contribution is 6.74. The molecule has 5 nitrogen and oxygen atoms in total. The Labute approximate surface area is 206 Å². The lowest BCUT2D eigenvalue weighted by molar-refractivity contribution is -0.182. The molecular formula is C28H42O5Si. The predicted octanol–water partition coefficient (Wildman–Crippen LogP) is 5.48. The van der Waals surface area contributed by atoms with Crippen LogP contribution in [-0.2, 0) is 27.1 Å². The SMILES string of the molecule is C=C[C@H](OCc1ccccc1)[C@@H](OCc1ccccc1)[C@@](O)(CCO)CO[Si](C)(C)C(C)(C)C. The van der Waals surface area contributed by atoms with Gasteiger partial charge in [0.15, 0.2) is 8.32 Å². The highest BCUT2D eigenvalue weighted by Gasteiger charge is 2.46. The van der Waals surface area contributed by atoms with Gasteiger partial charge in [-0.15, -0.1) is 6.58 Å². The molecule has 2 aromatic carbocycles. The van der Waals surface area contributed by atoms with E-state index in [1.165, 1.54) is 0 Å². The van der Waals surface area contributed by atoms with Crippen LogP contribution >= 0.6 is 0 Å². The second-order valence-electron chi connectivity index (χ2n) is 10.3. The van der Waals surface area contributed by atoms with Crippen molar-refractivity contribution in [1.82, 2.24) is 0 Å². The van der Waals surface area contributed by atoms with Crippen molar-refractivity contribution in [1.29, 1.82) is 0 Å². The van der Waals surface area contributed by atoms with E-state index in [4.69, 9.17) is 13.9 Å². The first kappa shape index (κ1) is 28.4. The van der Waals surface area contributed by atoms with E-state index >= 15 is 0 Å². The number of aliphatic hydroxyl groups is 2. The van der Waals surface area contributed by atoms with Gasteiger partial charge in [-0.3, -0.25) is 0 Å². The van der Waals surface area contributed by atoms with E-state index < -0.39 is 26.1 Å². The third-order valence-electron chi connectivity index (χ3n) is 6.65. The minimum absolute atomic E-state index is 0.0187. The minimum Gasteiger partial charge on any atom is -0.414 e. The van der Waals surface area contributed by atoms with Gasteiger partial charge in [-0.25, -0.2) is 0 Å². The standard InChI is InChI=1S/C28H42O5Si/c1-7-25(31-20-23-14-10-8-11-15-23)26(32-21-24-16-12-9-13-17-24)28(30,18-19-29)22-33-34(5,6)27(2,3)4/h7-17,25-26,29-30H,1,18-22H2,2-6H3/t25-,26+,28+/m0/s1. The molecule has 0 aromatic heterocycles. The van der Waals surface area contributed by atoms with Crippen molar-refractivity contribution in [3.05, 3.63) is 84.4 Å². The van der Waals surface area contributed by atoms with Gasteiger partial charge < -0.3 is 24.1 Å². The first-order valence-corrected chi connectivity index (χ1v) is 14.8. The molecule has 0 aliphatic carbocycles. The molecule has 0 radical (unpaired) electrons. The third kappa shape index (κ3) is 8.15. The lowest BCUT2D eigenvalue weighted by Crippen LogP contribution is -2.56. The van der Waals surface area contributed by atoms with Crippen LogP contribution in [-0.4, -0.2) is 49.6 Å². The van der Waals surface area contributed by atoms with Crippen molar-refractivity contribution in [2.75, 3.05) is 13.2 Å². The largest absolute Gasteiger partial charge is 0.414 e. The highest BCUT2D eigenvalue weighted by Crippen LogP contribution is 2.38. The van der Waals surface area contributed by atoms with Gasteiger partial charge in [0.25, 0.3) is 0 Å². The van der Waals surface area contributed by atoms with Crippen molar-refractivity contribution in [3.8, 4) is 0 Å². The molecule has 188 valence electrons. The van der Waals surface area contributed by atoms with E-state index in [2.05, 4.69) is 40.4 Å². The molecule has 0 spiro atoms. The van der Waals surface area contributed by atoms with E-state index in [-0.39, 0.29) is 24.7 Å². The smallest absolute Gasteiger partial charge is 0.192 e. The summed E-state index contributed by atoms with van der Waals surface area (Å²) in [4.78, 5) is 0. The molecule has 0 amide bonds. The second-order valence-corrected chi connectivity index (χ2v) is 15.1. The summed E-state index contributed by atoms with van der Waals surface area (Å²) in [6.45, 7) is 15.2. The van der Waals surface area contributed by atoms with Crippen LogP contribution in [0.1, 0.15) is 38.3 Å². The molecule has 0 unspecified atom stereocenters. The van der Waals surface area contributed by atoms with Crippen molar-refractivity contribution in [2.24, 2.45) is 0 Å². The van der Waals surface area contributed by atoms with Gasteiger partial charge >= 0.3 is 0 Å². The van der Waals surface area contributed by atoms with Gasteiger partial charge in [0, 0.05) is 13.0 Å². The Morgan fingerprint density at radius 1 is 0.912 bits per heavy atom. The molecule has 0 saturated carbocycles. The molecule has 2 aromatic rings. The molecule has 0 aliphatic rings. The predicted molar refractivity (Wildman–Crippen MR) is 140 cm³/mol. The van der Waals surface area contributed by atoms with E-state index in [0.29, 0.717) is 13.2 Å². The Balaban J connectivity index is 2.30. The molecule has 0 fully saturated rings. The van der Waals surface area contributed by atoms with Gasteiger partial charge in [-0.1, -0.05) is 87.5 Å². The first-order valence-electron chi connectivity index (χ1n) is 11.9. The second kappa shape index (κ2) is 12.8. The third-order valence-corrected chi connectivity index (χ3v) is 11.1. The van der Waals surface area contributed by atoms with Crippen molar-refractivity contribution in [2.45, 2.75) is 76.3 Å². The number of aliphatic hydroxyl groups excluding tert-OH is 1. The first-order chi connectivity index (χ1) is 16.0.